The lowest BCUT2D eigenvalue weighted by molar-refractivity contribution is -0.147. The number of alkyl halides is 3. The molecule has 1 aliphatic heterocycles. The molecule has 15 heteroatoms. The molecule has 1 N–H and O–H groups in total. The van der Waals surface area contributed by atoms with E-state index in [4.69, 9.17) is 11.6 Å². The van der Waals surface area contributed by atoms with E-state index in [0.717, 1.165) is 21.8 Å². The monoisotopic (exact) mass is 467 g/mol. The number of nitrogens with zero attached hydrogens (tertiary/aromatic N) is 8. The highest BCUT2D eigenvalue weighted by atomic mass is 35.5. The second kappa shape index (κ2) is 7.12. The Hall–Kier alpha value is -3.81. The van der Waals surface area contributed by atoms with Gasteiger partial charge in [-0.3, -0.25) is 4.90 Å². The molecule has 0 saturated heterocycles. The zero-order chi connectivity index (χ0) is 22.6. The zero-order valence-corrected chi connectivity index (χ0v) is 16.4. The van der Waals surface area contributed by atoms with Crippen molar-refractivity contribution in [1.29, 1.82) is 0 Å². The molecule has 0 aromatic carbocycles. The van der Waals surface area contributed by atoms with E-state index in [-0.39, 0.29) is 33.6 Å². The number of anilines is 2. The summed E-state index contributed by atoms with van der Waals surface area (Å²) in [6.07, 6.45) is 1.17. The average molecular weight is 468 g/mol. The molecular formula is C17H10ClF4N9O. The van der Waals surface area contributed by atoms with Gasteiger partial charge in [-0.15, -0.1) is 4.80 Å². The second-order valence-corrected chi connectivity index (χ2v) is 7.15. The number of carbonyl (C=O) groups is 1. The van der Waals surface area contributed by atoms with Crippen LogP contribution in [0.3, 0.4) is 0 Å². The van der Waals surface area contributed by atoms with Crippen LogP contribution in [0.2, 0.25) is 5.02 Å². The molecule has 5 heterocycles. The molecule has 2 amide bonds. The first-order chi connectivity index (χ1) is 15.2. The number of urea groups is 1. The molecule has 164 valence electrons. The molecule has 0 radical (unpaired) electrons. The Bertz CT molecular complexity index is 1340. The lowest BCUT2D eigenvalue weighted by Gasteiger charge is -2.19. The number of halogens is 5. The molecule has 0 aliphatic carbocycles. The summed E-state index contributed by atoms with van der Waals surface area (Å²) >= 11 is 6.16. The lowest BCUT2D eigenvalue weighted by atomic mass is 10.1. The van der Waals surface area contributed by atoms with Gasteiger partial charge in [0.2, 0.25) is 0 Å². The summed E-state index contributed by atoms with van der Waals surface area (Å²) in [6, 6.07) is 0.475. The van der Waals surface area contributed by atoms with Gasteiger partial charge in [-0.1, -0.05) is 11.6 Å². The van der Waals surface area contributed by atoms with E-state index in [1.807, 2.05) is 0 Å². The van der Waals surface area contributed by atoms with Gasteiger partial charge in [0, 0.05) is 6.54 Å². The third-order valence-corrected chi connectivity index (χ3v) is 5.09. The van der Waals surface area contributed by atoms with Gasteiger partial charge in [-0.05, 0) is 6.07 Å². The highest BCUT2D eigenvalue weighted by Crippen LogP contribution is 2.45. The SMILES string of the molecule is O=C(Nc1cnc(-n2nccn2)c(Cl)c1)N1CC(C(F)(F)F)c2c1cnc1c(F)cnn21. The van der Waals surface area contributed by atoms with Crippen LogP contribution in [0.25, 0.3) is 11.5 Å². The van der Waals surface area contributed by atoms with Crippen molar-refractivity contribution >= 4 is 34.7 Å². The fourth-order valence-electron chi connectivity index (χ4n) is 3.43. The zero-order valence-electron chi connectivity index (χ0n) is 15.6. The minimum absolute atomic E-state index is 0.101. The lowest BCUT2D eigenvalue weighted by Crippen LogP contribution is -2.36. The van der Waals surface area contributed by atoms with Crippen molar-refractivity contribution in [2.24, 2.45) is 0 Å². The number of hydrogen-bond donors (Lipinski definition) is 1. The fourth-order valence-corrected chi connectivity index (χ4v) is 3.67. The molecule has 5 rings (SSSR count). The molecule has 4 aromatic rings. The molecular weight excluding hydrogens is 458 g/mol. The van der Waals surface area contributed by atoms with Crippen LogP contribution in [-0.4, -0.2) is 53.3 Å². The van der Waals surface area contributed by atoms with E-state index in [2.05, 4.69) is 30.6 Å². The van der Waals surface area contributed by atoms with Gasteiger partial charge in [0.1, 0.15) is 5.92 Å². The van der Waals surface area contributed by atoms with E-state index < -0.39 is 30.5 Å². The van der Waals surface area contributed by atoms with Crippen molar-refractivity contribution < 1.29 is 22.4 Å². The standard InChI is InChI=1S/C17H10ClF4N9O/c18-10-3-8(4-23-14(10)31-25-1-2-26-31)28-16(32)29-7-9(17(20,21)22)13-12(29)6-24-15-11(19)5-27-30(13)15/h1-6,9H,7H2,(H,28,32). The second-order valence-electron chi connectivity index (χ2n) is 6.74. The number of nitrogens with one attached hydrogen (secondary N) is 1. The number of fused-ring (bicyclic) bond motifs is 3. The quantitative estimate of drug-likeness (QED) is 0.454. The molecule has 32 heavy (non-hydrogen) atoms. The van der Waals surface area contributed by atoms with E-state index in [1.54, 1.807) is 0 Å². The van der Waals surface area contributed by atoms with Crippen molar-refractivity contribution in [2.75, 3.05) is 16.8 Å². The van der Waals surface area contributed by atoms with Crippen LogP contribution in [0, 0.1) is 5.82 Å². The molecule has 0 fully saturated rings. The third-order valence-electron chi connectivity index (χ3n) is 4.81. The van der Waals surface area contributed by atoms with Gasteiger partial charge >= 0.3 is 12.2 Å². The predicted molar refractivity (Wildman–Crippen MR) is 102 cm³/mol. The smallest absolute Gasteiger partial charge is 0.306 e. The maximum absolute atomic E-state index is 13.8. The Labute approximate surface area is 180 Å². The van der Waals surface area contributed by atoms with Gasteiger partial charge in [0.25, 0.3) is 0 Å². The van der Waals surface area contributed by atoms with Crippen molar-refractivity contribution in [3.05, 3.63) is 53.6 Å². The Kier molecular flexibility index (Phi) is 4.47. The third kappa shape index (κ3) is 3.19. The topological polar surface area (TPSA) is 106 Å². The van der Waals surface area contributed by atoms with Crippen LogP contribution in [-0.2, 0) is 0 Å². The van der Waals surface area contributed by atoms with E-state index in [9.17, 15) is 22.4 Å². The first-order valence-corrected chi connectivity index (χ1v) is 9.31. The first-order valence-electron chi connectivity index (χ1n) is 8.93. The van der Waals surface area contributed by atoms with E-state index in [1.165, 1.54) is 29.5 Å². The number of carbonyl (C=O) groups excluding carboxylic acids is 1. The summed E-state index contributed by atoms with van der Waals surface area (Å²) in [5.41, 5.74) is -0.749. The van der Waals surface area contributed by atoms with Crippen LogP contribution < -0.4 is 10.2 Å². The maximum atomic E-state index is 13.8. The largest absolute Gasteiger partial charge is 0.399 e. The number of hydrogen-bond acceptors (Lipinski definition) is 6. The van der Waals surface area contributed by atoms with Gasteiger partial charge in [0.15, 0.2) is 17.3 Å². The van der Waals surface area contributed by atoms with Crippen LogP contribution in [0.4, 0.5) is 33.7 Å². The molecule has 0 spiro atoms. The minimum Gasteiger partial charge on any atom is -0.306 e. The molecule has 0 bridgehead atoms. The number of amides is 2. The number of aromatic nitrogens is 7. The molecule has 4 aromatic heterocycles. The number of rotatable bonds is 2. The predicted octanol–water partition coefficient (Wildman–Crippen LogP) is 3.20. The Morgan fingerprint density at radius 1 is 1.12 bits per heavy atom. The van der Waals surface area contributed by atoms with Gasteiger partial charge in [0.05, 0.1) is 53.1 Å². The van der Waals surface area contributed by atoms with Crippen molar-refractivity contribution in [3.8, 4) is 5.82 Å². The van der Waals surface area contributed by atoms with Crippen molar-refractivity contribution in [3.63, 3.8) is 0 Å². The minimum atomic E-state index is -4.70. The molecule has 1 unspecified atom stereocenters. The van der Waals surface area contributed by atoms with Crippen molar-refractivity contribution in [2.45, 2.75) is 12.1 Å². The van der Waals surface area contributed by atoms with Crippen molar-refractivity contribution in [1.82, 2.24) is 34.6 Å². The van der Waals surface area contributed by atoms with E-state index in [0.29, 0.717) is 0 Å². The fraction of sp³-hybridized carbons (Fsp3) is 0.176. The summed E-state index contributed by atoms with van der Waals surface area (Å²) < 4.78 is 55.7. The van der Waals surface area contributed by atoms with Gasteiger partial charge < -0.3 is 5.32 Å². The Morgan fingerprint density at radius 3 is 2.56 bits per heavy atom. The summed E-state index contributed by atoms with van der Waals surface area (Å²) in [6.45, 7) is -0.733. The molecule has 1 atom stereocenters. The van der Waals surface area contributed by atoms with Crippen LogP contribution in [0.15, 0.2) is 37.1 Å². The maximum Gasteiger partial charge on any atom is 0.399 e. The first kappa shape index (κ1) is 20.1. The number of pyridine rings is 1. The summed E-state index contributed by atoms with van der Waals surface area (Å²) in [5, 5.41) is 14.0. The highest BCUT2D eigenvalue weighted by molar-refractivity contribution is 6.32. The van der Waals surface area contributed by atoms with Crippen LogP contribution >= 0.6 is 11.6 Å². The summed E-state index contributed by atoms with van der Waals surface area (Å²) in [7, 11) is 0. The van der Waals surface area contributed by atoms with Gasteiger partial charge in [-0.25, -0.2) is 23.7 Å². The molecule has 0 saturated carbocycles. The average Bonchev–Trinajstić information content (AvgIpc) is 3.46. The summed E-state index contributed by atoms with van der Waals surface area (Å²) in [4.78, 5) is 22.7. The Balaban J connectivity index is 1.48. The Morgan fingerprint density at radius 2 is 1.88 bits per heavy atom. The highest BCUT2D eigenvalue weighted by Gasteiger charge is 2.50. The normalized spacial score (nSPS) is 15.9. The van der Waals surface area contributed by atoms with E-state index >= 15 is 0 Å². The summed E-state index contributed by atoms with van der Waals surface area (Å²) in [5.74, 6) is -2.75. The van der Waals surface area contributed by atoms with Crippen LogP contribution in [0.1, 0.15) is 11.6 Å². The van der Waals surface area contributed by atoms with Gasteiger partial charge in [-0.2, -0.15) is 28.5 Å². The molecule has 1 aliphatic rings. The molecule has 10 nitrogen and oxygen atoms in total. The van der Waals surface area contributed by atoms with Crippen LogP contribution in [0.5, 0.6) is 0 Å².